The van der Waals surface area contributed by atoms with Crippen molar-refractivity contribution in [2.75, 3.05) is 26.4 Å². The van der Waals surface area contributed by atoms with Crippen LogP contribution in [0.4, 0.5) is 0 Å². The van der Waals surface area contributed by atoms with Gasteiger partial charge in [0.15, 0.2) is 11.1 Å². The van der Waals surface area contributed by atoms with E-state index in [0.717, 1.165) is 48.8 Å². The number of guanidine groups is 1. The average molecular weight is 351 g/mol. The molecule has 0 unspecified atom stereocenters. The lowest BCUT2D eigenvalue weighted by Crippen LogP contribution is -2.38. The third-order valence-corrected chi connectivity index (χ3v) is 5.60. The summed E-state index contributed by atoms with van der Waals surface area (Å²) in [5.41, 5.74) is 0. The molecule has 7 heteroatoms. The van der Waals surface area contributed by atoms with E-state index < -0.39 is 0 Å². The van der Waals surface area contributed by atoms with Gasteiger partial charge in [-0.1, -0.05) is 24.6 Å². The first kappa shape index (κ1) is 17.6. The Labute approximate surface area is 149 Å². The standard InChI is InChI=1S/C17H30N6S/c1-18-16(20-12-13-9-10-13)19-11-5-8-15-21-22-17(24-2)23(15)14-6-3-4-7-14/h13-14H,3-12H2,1-2H3,(H2,18,19,20). The molecule has 1 aromatic heterocycles. The lowest BCUT2D eigenvalue weighted by Gasteiger charge is -2.16. The highest BCUT2D eigenvalue weighted by atomic mass is 32.2. The predicted octanol–water partition coefficient (Wildman–Crippen LogP) is 2.62. The number of aryl methyl sites for hydroxylation is 1. The van der Waals surface area contributed by atoms with Crippen molar-refractivity contribution in [1.82, 2.24) is 25.4 Å². The number of rotatable bonds is 8. The van der Waals surface area contributed by atoms with Crippen LogP contribution in [0.5, 0.6) is 0 Å². The van der Waals surface area contributed by atoms with Crippen LogP contribution in [0.25, 0.3) is 0 Å². The van der Waals surface area contributed by atoms with Crippen molar-refractivity contribution in [3.05, 3.63) is 5.82 Å². The zero-order chi connectivity index (χ0) is 16.8. The van der Waals surface area contributed by atoms with E-state index in [2.05, 4.69) is 36.6 Å². The van der Waals surface area contributed by atoms with Crippen LogP contribution in [-0.2, 0) is 6.42 Å². The van der Waals surface area contributed by atoms with Crippen molar-refractivity contribution in [3.63, 3.8) is 0 Å². The summed E-state index contributed by atoms with van der Waals surface area (Å²) in [4.78, 5) is 4.29. The molecular formula is C17H30N6S. The zero-order valence-electron chi connectivity index (χ0n) is 14.9. The van der Waals surface area contributed by atoms with Gasteiger partial charge < -0.3 is 15.2 Å². The molecule has 6 nitrogen and oxygen atoms in total. The van der Waals surface area contributed by atoms with Crippen LogP contribution >= 0.6 is 11.8 Å². The monoisotopic (exact) mass is 350 g/mol. The summed E-state index contributed by atoms with van der Waals surface area (Å²) in [6, 6.07) is 0.610. The summed E-state index contributed by atoms with van der Waals surface area (Å²) in [6.45, 7) is 1.96. The number of aromatic nitrogens is 3. The van der Waals surface area contributed by atoms with Gasteiger partial charge in [-0.3, -0.25) is 4.99 Å². The molecule has 0 spiro atoms. The highest BCUT2D eigenvalue weighted by molar-refractivity contribution is 7.98. The third kappa shape index (κ3) is 4.65. The molecule has 24 heavy (non-hydrogen) atoms. The topological polar surface area (TPSA) is 67.1 Å². The van der Waals surface area contributed by atoms with Gasteiger partial charge in [0.25, 0.3) is 0 Å². The molecule has 0 amide bonds. The first-order chi connectivity index (χ1) is 11.8. The Kier molecular flexibility index (Phi) is 6.40. The molecule has 0 saturated heterocycles. The Morgan fingerprint density at radius 3 is 2.67 bits per heavy atom. The van der Waals surface area contributed by atoms with Gasteiger partial charge in [0.1, 0.15) is 5.82 Å². The van der Waals surface area contributed by atoms with Crippen LogP contribution in [0.15, 0.2) is 10.1 Å². The van der Waals surface area contributed by atoms with E-state index in [1.807, 2.05) is 7.05 Å². The van der Waals surface area contributed by atoms with E-state index in [9.17, 15) is 0 Å². The molecule has 0 aromatic carbocycles. The predicted molar refractivity (Wildman–Crippen MR) is 99.7 cm³/mol. The molecule has 1 aromatic rings. The van der Waals surface area contributed by atoms with Crippen molar-refractivity contribution in [2.24, 2.45) is 10.9 Å². The van der Waals surface area contributed by atoms with Gasteiger partial charge in [-0.2, -0.15) is 0 Å². The van der Waals surface area contributed by atoms with E-state index in [-0.39, 0.29) is 0 Å². The Balaban J connectivity index is 1.46. The fourth-order valence-corrected chi connectivity index (χ4v) is 3.96. The van der Waals surface area contributed by atoms with E-state index in [1.54, 1.807) is 11.8 Å². The maximum atomic E-state index is 4.45. The molecule has 0 atom stereocenters. The minimum atomic E-state index is 0.610. The summed E-state index contributed by atoms with van der Waals surface area (Å²) in [7, 11) is 1.84. The minimum Gasteiger partial charge on any atom is -0.356 e. The van der Waals surface area contributed by atoms with Crippen LogP contribution in [-0.4, -0.2) is 47.1 Å². The molecule has 1 heterocycles. The molecule has 3 rings (SSSR count). The molecule has 2 saturated carbocycles. The van der Waals surface area contributed by atoms with Crippen LogP contribution < -0.4 is 10.6 Å². The highest BCUT2D eigenvalue weighted by Gasteiger charge is 2.23. The van der Waals surface area contributed by atoms with E-state index in [4.69, 9.17) is 0 Å². The second-order valence-electron chi connectivity index (χ2n) is 6.84. The summed E-state index contributed by atoms with van der Waals surface area (Å²) < 4.78 is 2.40. The van der Waals surface area contributed by atoms with Crippen LogP contribution in [0.1, 0.15) is 56.8 Å². The molecule has 2 N–H and O–H groups in total. The molecule has 0 radical (unpaired) electrons. The third-order valence-electron chi connectivity index (χ3n) is 4.96. The zero-order valence-corrected chi connectivity index (χ0v) is 15.7. The Morgan fingerprint density at radius 1 is 1.21 bits per heavy atom. The normalized spacial score (nSPS) is 19.0. The number of hydrogen-bond donors (Lipinski definition) is 2. The lowest BCUT2D eigenvalue weighted by molar-refractivity contribution is 0.460. The van der Waals surface area contributed by atoms with Gasteiger partial charge in [0.05, 0.1) is 0 Å². The Hall–Kier alpha value is -1.24. The first-order valence-electron chi connectivity index (χ1n) is 9.24. The van der Waals surface area contributed by atoms with E-state index in [1.165, 1.54) is 38.5 Å². The Bertz CT molecular complexity index is 545. The molecule has 0 bridgehead atoms. The number of thioether (sulfide) groups is 1. The summed E-state index contributed by atoms with van der Waals surface area (Å²) in [5.74, 6) is 2.93. The van der Waals surface area contributed by atoms with Gasteiger partial charge in [-0.15, -0.1) is 10.2 Å². The fraction of sp³-hybridized carbons (Fsp3) is 0.824. The molecule has 2 fully saturated rings. The van der Waals surface area contributed by atoms with Gasteiger partial charge in [0, 0.05) is 32.6 Å². The quantitative estimate of drug-likeness (QED) is 0.326. The van der Waals surface area contributed by atoms with Crippen LogP contribution in [0.3, 0.4) is 0 Å². The molecule has 134 valence electrons. The van der Waals surface area contributed by atoms with Gasteiger partial charge >= 0.3 is 0 Å². The highest BCUT2D eigenvalue weighted by Crippen LogP contribution is 2.33. The number of nitrogens with one attached hydrogen (secondary N) is 2. The van der Waals surface area contributed by atoms with Gasteiger partial charge in [-0.05, 0) is 44.3 Å². The molecule has 2 aliphatic rings. The summed E-state index contributed by atoms with van der Waals surface area (Å²) >= 11 is 1.71. The minimum absolute atomic E-state index is 0.610. The van der Waals surface area contributed by atoms with E-state index >= 15 is 0 Å². The first-order valence-corrected chi connectivity index (χ1v) is 10.5. The maximum Gasteiger partial charge on any atom is 0.191 e. The number of nitrogens with zero attached hydrogens (tertiary/aromatic N) is 4. The lowest BCUT2D eigenvalue weighted by atomic mass is 10.2. The Morgan fingerprint density at radius 2 is 2.00 bits per heavy atom. The van der Waals surface area contributed by atoms with Crippen molar-refractivity contribution in [2.45, 2.75) is 62.6 Å². The van der Waals surface area contributed by atoms with Crippen molar-refractivity contribution in [3.8, 4) is 0 Å². The second kappa shape index (κ2) is 8.74. The fourth-order valence-electron chi connectivity index (χ4n) is 3.38. The van der Waals surface area contributed by atoms with E-state index in [0.29, 0.717) is 6.04 Å². The number of aliphatic imine (C=N–C) groups is 1. The van der Waals surface area contributed by atoms with Crippen LogP contribution in [0.2, 0.25) is 0 Å². The average Bonchev–Trinajstić information content (AvgIpc) is 3.11. The number of hydrogen-bond acceptors (Lipinski definition) is 4. The molecule has 0 aliphatic heterocycles. The molecular weight excluding hydrogens is 320 g/mol. The summed E-state index contributed by atoms with van der Waals surface area (Å²) in [5, 5.41) is 16.7. The van der Waals surface area contributed by atoms with Gasteiger partial charge in [0.2, 0.25) is 0 Å². The smallest absolute Gasteiger partial charge is 0.191 e. The van der Waals surface area contributed by atoms with Gasteiger partial charge in [-0.25, -0.2) is 0 Å². The van der Waals surface area contributed by atoms with Crippen molar-refractivity contribution < 1.29 is 0 Å². The summed E-state index contributed by atoms with van der Waals surface area (Å²) in [6.07, 6.45) is 12.0. The van der Waals surface area contributed by atoms with Crippen molar-refractivity contribution in [1.29, 1.82) is 0 Å². The largest absolute Gasteiger partial charge is 0.356 e. The van der Waals surface area contributed by atoms with Crippen molar-refractivity contribution >= 4 is 17.7 Å². The SMILES string of the molecule is CN=C(NCCCc1nnc(SC)n1C1CCCC1)NCC1CC1. The second-order valence-corrected chi connectivity index (χ2v) is 7.61. The molecule has 2 aliphatic carbocycles. The maximum absolute atomic E-state index is 4.45. The van der Waals surface area contributed by atoms with Crippen LogP contribution in [0, 0.1) is 5.92 Å².